The lowest BCUT2D eigenvalue weighted by Gasteiger charge is -2.25. The second kappa shape index (κ2) is 12.0. The topological polar surface area (TPSA) is 134 Å². The molecule has 9 nitrogen and oxygen atoms in total. The van der Waals surface area contributed by atoms with Crippen molar-refractivity contribution in [2.45, 2.75) is 38.5 Å². The van der Waals surface area contributed by atoms with Gasteiger partial charge in [0, 0.05) is 0 Å². The van der Waals surface area contributed by atoms with Crippen molar-refractivity contribution in [1.82, 2.24) is 10.6 Å². The number of alkyl carbamates (subject to hydrolysis) is 1. The van der Waals surface area contributed by atoms with Gasteiger partial charge in [-0.05, 0) is 101 Å². The van der Waals surface area contributed by atoms with Gasteiger partial charge in [-0.2, -0.15) is 0 Å². The van der Waals surface area contributed by atoms with Gasteiger partial charge in [0.05, 0.1) is 24.3 Å². The summed E-state index contributed by atoms with van der Waals surface area (Å²) in [4.78, 5) is 38.5. The van der Waals surface area contributed by atoms with Crippen LogP contribution in [0.5, 0.6) is 11.5 Å². The summed E-state index contributed by atoms with van der Waals surface area (Å²) >= 11 is 15.8. The minimum atomic E-state index is -1.41. The Hall–Kier alpha value is -1.71. The van der Waals surface area contributed by atoms with Crippen LogP contribution in [-0.4, -0.2) is 40.9 Å². The number of hydrogen-bond acceptors (Lipinski definition) is 7. The number of nitrogens with one attached hydrogen (secondary N) is 2. The number of phenols is 2. The van der Waals surface area contributed by atoms with Gasteiger partial charge in [-0.15, -0.1) is 0 Å². The predicted molar refractivity (Wildman–Crippen MR) is 147 cm³/mol. The van der Waals surface area contributed by atoms with Crippen molar-refractivity contribution in [3.8, 4) is 11.5 Å². The van der Waals surface area contributed by atoms with Gasteiger partial charge in [-0.3, -0.25) is 4.79 Å². The third-order valence-corrected chi connectivity index (χ3v) is 6.61. The number of aromatic hydroxyl groups is 2. The van der Waals surface area contributed by atoms with Crippen LogP contribution in [0.1, 0.15) is 44.0 Å². The molecule has 0 fully saturated rings. The molecule has 2 atom stereocenters. The molecule has 0 unspecified atom stereocenters. The first-order valence-electron chi connectivity index (χ1n) is 9.88. The zero-order chi connectivity index (χ0) is 26.7. The molecule has 0 saturated carbocycles. The third-order valence-electron chi connectivity index (χ3n) is 4.39. The summed E-state index contributed by atoms with van der Waals surface area (Å²) in [6.07, 6.45) is -0.915. The molecule has 190 valence electrons. The summed E-state index contributed by atoms with van der Waals surface area (Å²) < 4.78 is 11.0. The first-order chi connectivity index (χ1) is 16.1. The summed E-state index contributed by atoms with van der Waals surface area (Å²) in [7, 11) is 1.16. The van der Waals surface area contributed by atoms with Crippen molar-refractivity contribution in [3.63, 3.8) is 0 Å². The maximum absolute atomic E-state index is 13.4. The molecule has 0 bridgehead atoms. The van der Waals surface area contributed by atoms with E-state index in [2.05, 4.69) is 10.6 Å². The van der Waals surface area contributed by atoms with E-state index in [-0.39, 0.29) is 21.4 Å². The van der Waals surface area contributed by atoms with Gasteiger partial charge >= 0.3 is 12.1 Å². The largest absolute Gasteiger partial charge is 0.506 e. The zero-order valence-corrected chi connectivity index (χ0v) is 24.7. The SMILES string of the molecule is COC(=O)[C@H](NC(=O)[C@H](NC(=O)OC(C)(C)C)c1cc(Cl)c(O)c(Cl)c1)c1cc(I)c(O)c(I)c1. The Balaban J connectivity index is 2.50. The van der Waals surface area contributed by atoms with E-state index >= 15 is 0 Å². The molecule has 0 radical (unpaired) electrons. The second-order valence-corrected chi connectivity index (χ2v) is 11.3. The molecule has 0 aromatic heterocycles. The standard InChI is InChI=1S/C22H22Cl2I2N2O7/c1-22(2,3)35-21(33)28-15(9-5-11(23)17(29)12(24)6-9)19(31)27-16(20(32)34-4)10-7-13(25)18(30)14(26)8-10/h5-8,15-16,29-30H,1-4H3,(H,27,31)(H,28,33)/t15-,16-/m1/s1. The molecule has 2 aromatic carbocycles. The van der Waals surface area contributed by atoms with Gasteiger partial charge < -0.3 is 30.3 Å². The summed E-state index contributed by atoms with van der Waals surface area (Å²) in [6.45, 7) is 4.95. The van der Waals surface area contributed by atoms with Gasteiger partial charge in [-0.1, -0.05) is 23.2 Å². The first kappa shape index (κ1) is 29.5. The molecule has 0 aliphatic rings. The zero-order valence-electron chi connectivity index (χ0n) is 18.9. The van der Waals surface area contributed by atoms with Gasteiger partial charge in [0.2, 0.25) is 5.91 Å². The van der Waals surface area contributed by atoms with E-state index in [4.69, 9.17) is 32.7 Å². The fraction of sp³-hybridized carbons (Fsp3) is 0.318. The smallest absolute Gasteiger partial charge is 0.408 e. The number of ether oxygens (including phenoxy) is 2. The first-order valence-corrected chi connectivity index (χ1v) is 12.8. The minimum absolute atomic E-state index is 0.0303. The number of halogens is 4. The molecule has 0 heterocycles. The van der Waals surface area contributed by atoms with Crippen molar-refractivity contribution < 1.29 is 34.1 Å². The summed E-state index contributed by atoms with van der Waals surface area (Å²) in [5, 5.41) is 24.7. The molecule has 35 heavy (non-hydrogen) atoms. The summed E-state index contributed by atoms with van der Waals surface area (Å²) in [5.41, 5.74) is -0.391. The van der Waals surface area contributed by atoms with Crippen LogP contribution >= 0.6 is 68.4 Å². The lowest BCUT2D eigenvalue weighted by atomic mass is 10.0. The van der Waals surface area contributed by atoms with Crippen LogP contribution in [0.2, 0.25) is 10.0 Å². The number of phenolic OH excluding ortho intramolecular Hbond substituents is 2. The molecule has 2 amide bonds. The van der Waals surface area contributed by atoms with E-state index < -0.39 is 41.4 Å². The Morgan fingerprint density at radius 2 is 1.37 bits per heavy atom. The summed E-state index contributed by atoms with van der Waals surface area (Å²) in [6, 6.07) is 2.85. The monoisotopic (exact) mass is 750 g/mol. The van der Waals surface area contributed by atoms with Crippen LogP contribution in [-0.2, 0) is 19.1 Å². The molecule has 13 heteroatoms. The summed E-state index contributed by atoms with van der Waals surface area (Å²) in [5.74, 6) is -1.97. The lowest BCUT2D eigenvalue weighted by Crippen LogP contribution is -2.45. The number of esters is 1. The van der Waals surface area contributed by atoms with E-state index in [1.807, 2.05) is 45.2 Å². The molecule has 0 saturated heterocycles. The van der Waals surface area contributed by atoms with Crippen LogP contribution in [0.25, 0.3) is 0 Å². The number of methoxy groups -OCH3 is 1. The van der Waals surface area contributed by atoms with Crippen LogP contribution in [0.15, 0.2) is 24.3 Å². The van der Waals surface area contributed by atoms with E-state index in [9.17, 15) is 24.6 Å². The lowest BCUT2D eigenvalue weighted by molar-refractivity contribution is -0.145. The van der Waals surface area contributed by atoms with Crippen molar-refractivity contribution in [2.75, 3.05) is 7.11 Å². The Bertz CT molecular complexity index is 1110. The average molecular weight is 751 g/mol. The van der Waals surface area contributed by atoms with E-state index in [1.165, 1.54) is 24.3 Å². The number of rotatable bonds is 6. The van der Waals surface area contributed by atoms with E-state index in [0.29, 0.717) is 12.7 Å². The maximum Gasteiger partial charge on any atom is 0.408 e. The van der Waals surface area contributed by atoms with E-state index in [0.717, 1.165) is 7.11 Å². The van der Waals surface area contributed by atoms with Crippen LogP contribution in [0.3, 0.4) is 0 Å². The molecule has 0 aliphatic heterocycles. The Morgan fingerprint density at radius 3 is 1.83 bits per heavy atom. The van der Waals surface area contributed by atoms with Crippen molar-refractivity contribution in [3.05, 3.63) is 52.6 Å². The Kier molecular flexibility index (Phi) is 10.1. The van der Waals surface area contributed by atoms with Gasteiger partial charge in [0.15, 0.2) is 11.8 Å². The third kappa shape index (κ3) is 7.89. The minimum Gasteiger partial charge on any atom is -0.506 e. The molecular formula is C22H22Cl2I2N2O7. The highest BCUT2D eigenvalue weighted by atomic mass is 127. The van der Waals surface area contributed by atoms with Crippen molar-refractivity contribution in [1.29, 1.82) is 0 Å². The van der Waals surface area contributed by atoms with Crippen LogP contribution in [0.4, 0.5) is 4.79 Å². The van der Waals surface area contributed by atoms with Crippen molar-refractivity contribution >= 4 is 86.4 Å². The average Bonchev–Trinajstić information content (AvgIpc) is 2.75. The highest BCUT2D eigenvalue weighted by molar-refractivity contribution is 14.1. The van der Waals surface area contributed by atoms with Gasteiger partial charge in [-0.25, -0.2) is 9.59 Å². The number of amides is 2. The second-order valence-electron chi connectivity index (χ2n) is 8.21. The van der Waals surface area contributed by atoms with Gasteiger partial charge in [0.25, 0.3) is 0 Å². The number of benzene rings is 2. The van der Waals surface area contributed by atoms with Gasteiger partial charge in [0.1, 0.15) is 17.4 Å². The predicted octanol–water partition coefficient (Wildman–Crippen LogP) is 5.21. The molecule has 2 rings (SSSR count). The fourth-order valence-electron chi connectivity index (χ4n) is 2.85. The number of hydrogen-bond donors (Lipinski definition) is 4. The van der Waals surface area contributed by atoms with E-state index in [1.54, 1.807) is 20.8 Å². The highest BCUT2D eigenvalue weighted by Gasteiger charge is 2.32. The molecule has 0 aliphatic carbocycles. The molecule has 4 N–H and O–H groups in total. The number of carbonyl (C=O) groups excluding carboxylic acids is 3. The fourth-order valence-corrected chi connectivity index (χ4v) is 5.17. The number of carbonyl (C=O) groups is 3. The maximum atomic E-state index is 13.4. The Labute approximate surface area is 239 Å². The molecule has 2 aromatic rings. The van der Waals surface area contributed by atoms with Crippen LogP contribution in [0, 0.1) is 7.14 Å². The molecule has 0 spiro atoms. The highest BCUT2D eigenvalue weighted by Crippen LogP contribution is 2.35. The molecular weight excluding hydrogens is 729 g/mol. The van der Waals surface area contributed by atoms with Crippen molar-refractivity contribution in [2.24, 2.45) is 0 Å². The quantitative estimate of drug-likeness (QED) is 0.236. The Morgan fingerprint density at radius 1 is 0.886 bits per heavy atom. The normalized spacial score (nSPS) is 12.9. The van der Waals surface area contributed by atoms with Crippen LogP contribution < -0.4 is 10.6 Å².